The summed E-state index contributed by atoms with van der Waals surface area (Å²) in [5.41, 5.74) is 3.05. The number of rotatable bonds is 2. The molecular weight excluding hydrogens is 321 g/mol. The van der Waals surface area contributed by atoms with Gasteiger partial charge in [-0.05, 0) is 58.1 Å². The van der Waals surface area contributed by atoms with Crippen LogP contribution in [-0.2, 0) is 12.8 Å². The van der Waals surface area contributed by atoms with Gasteiger partial charge in [-0.1, -0.05) is 24.3 Å². The van der Waals surface area contributed by atoms with Crippen molar-refractivity contribution in [1.82, 2.24) is 5.32 Å². The van der Waals surface area contributed by atoms with E-state index in [0.717, 1.165) is 12.8 Å². The van der Waals surface area contributed by atoms with Crippen molar-refractivity contribution in [3.63, 3.8) is 0 Å². The van der Waals surface area contributed by atoms with Crippen molar-refractivity contribution in [2.45, 2.75) is 18.9 Å². The zero-order chi connectivity index (χ0) is 14.1. The van der Waals surface area contributed by atoms with Crippen LogP contribution < -0.4 is 5.32 Å². The summed E-state index contributed by atoms with van der Waals surface area (Å²) in [6, 6.07) is 12.6. The second-order valence-electron chi connectivity index (χ2n) is 4.98. The van der Waals surface area contributed by atoms with Crippen LogP contribution in [0, 0.1) is 5.82 Å². The molecule has 0 bridgehead atoms. The van der Waals surface area contributed by atoms with Crippen molar-refractivity contribution in [2.24, 2.45) is 0 Å². The van der Waals surface area contributed by atoms with E-state index in [0.29, 0.717) is 10.0 Å². The van der Waals surface area contributed by atoms with Crippen molar-refractivity contribution in [2.75, 3.05) is 0 Å². The highest BCUT2D eigenvalue weighted by Gasteiger charge is 2.22. The summed E-state index contributed by atoms with van der Waals surface area (Å²) in [6.45, 7) is 0. The summed E-state index contributed by atoms with van der Waals surface area (Å²) < 4.78 is 13.5. The maximum absolute atomic E-state index is 13.2. The molecule has 1 N–H and O–H groups in total. The lowest BCUT2D eigenvalue weighted by Crippen LogP contribution is -2.35. The minimum Gasteiger partial charge on any atom is -0.349 e. The third-order valence-electron chi connectivity index (χ3n) is 3.57. The highest BCUT2D eigenvalue weighted by molar-refractivity contribution is 9.10. The second kappa shape index (κ2) is 5.37. The van der Waals surface area contributed by atoms with E-state index in [1.165, 1.54) is 29.3 Å². The Morgan fingerprint density at radius 2 is 1.80 bits per heavy atom. The Morgan fingerprint density at radius 1 is 1.15 bits per heavy atom. The molecule has 0 atom stereocenters. The lowest BCUT2D eigenvalue weighted by Gasteiger charge is -2.12. The standard InChI is InChI=1S/C16H13BrFNO/c17-14-9-12(5-6-15(14)18)16(20)19-13-7-10-3-1-2-4-11(10)8-13/h1-6,9,13H,7-8H2,(H,19,20). The van der Waals surface area contributed by atoms with Gasteiger partial charge in [0.1, 0.15) is 5.82 Å². The molecule has 20 heavy (non-hydrogen) atoms. The molecule has 0 saturated carbocycles. The SMILES string of the molecule is O=C(NC1Cc2ccccc2C1)c1ccc(F)c(Br)c1. The van der Waals surface area contributed by atoms with Gasteiger partial charge < -0.3 is 5.32 Å². The Bertz CT molecular complexity index is 646. The molecule has 1 aliphatic rings. The van der Waals surface area contributed by atoms with Gasteiger partial charge in [0, 0.05) is 11.6 Å². The largest absolute Gasteiger partial charge is 0.349 e. The first kappa shape index (κ1) is 13.3. The molecule has 1 amide bonds. The fourth-order valence-electron chi connectivity index (χ4n) is 2.57. The molecule has 0 saturated heterocycles. The summed E-state index contributed by atoms with van der Waals surface area (Å²) >= 11 is 3.10. The molecule has 2 aromatic carbocycles. The molecule has 3 rings (SSSR count). The molecule has 0 aromatic heterocycles. The van der Waals surface area contributed by atoms with Crippen LogP contribution in [0.4, 0.5) is 4.39 Å². The van der Waals surface area contributed by atoms with Gasteiger partial charge in [0.2, 0.25) is 0 Å². The minimum absolute atomic E-state index is 0.115. The molecule has 2 aromatic rings. The smallest absolute Gasteiger partial charge is 0.251 e. The van der Waals surface area contributed by atoms with E-state index < -0.39 is 0 Å². The van der Waals surface area contributed by atoms with Gasteiger partial charge in [0.15, 0.2) is 0 Å². The minimum atomic E-state index is -0.366. The highest BCUT2D eigenvalue weighted by Crippen LogP contribution is 2.22. The van der Waals surface area contributed by atoms with Crippen LogP contribution in [0.5, 0.6) is 0 Å². The molecule has 102 valence electrons. The topological polar surface area (TPSA) is 29.1 Å². The third kappa shape index (κ3) is 2.61. The Kier molecular flexibility index (Phi) is 3.57. The molecule has 0 fully saturated rings. The van der Waals surface area contributed by atoms with Gasteiger partial charge in [-0.15, -0.1) is 0 Å². The number of hydrogen-bond donors (Lipinski definition) is 1. The summed E-state index contributed by atoms with van der Waals surface area (Å²) in [6.07, 6.45) is 1.70. The van der Waals surface area contributed by atoms with Crippen molar-refractivity contribution < 1.29 is 9.18 Å². The van der Waals surface area contributed by atoms with E-state index in [1.807, 2.05) is 12.1 Å². The van der Waals surface area contributed by atoms with Gasteiger partial charge in [0.05, 0.1) is 4.47 Å². The maximum atomic E-state index is 13.2. The summed E-state index contributed by atoms with van der Waals surface area (Å²) in [5.74, 6) is -0.529. The normalized spacial score (nSPS) is 14.1. The average Bonchev–Trinajstić information content (AvgIpc) is 2.83. The first-order valence-corrected chi connectivity index (χ1v) is 7.25. The molecule has 1 aliphatic carbocycles. The quantitative estimate of drug-likeness (QED) is 0.895. The molecule has 0 radical (unpaired) electrons. The number of carbonyl (C=O) groups excluding carboxylic acids is 1. The van der Waals surface area contributed by atoms with Crippen LogP contribution in [0.2, 0.25) is 0 Å². The Morgan fingerprint density at radius 3 is 2.40 bits per heavy atom. The molecule has 2 nitrogen and oxygen atoms in total. The first-order valence-electron chi connectivity index (χ1n) is 6.46. The van der Waals surface area contributed by atoms with E-state index in [4.69, 9.17) is 0 Å². The predicted octanol–water partition coefficient (Wildman–Crippen LogP) is 3.49. The van der Waals surface area contributed by atoms with Crippen molar-refractivity contribution in [3.8, 4) is 0 Å². The van der Waals surface area contributed by atoms with Gasteiger partial charge in [-0.2, -0.15) is 0 Å². The number of benzene rings is 2. The maximum Gasteiger partial charge on any atom is 0.251 e. The van der Waals surface area contributed by atoms with E-state index >= 15 is 0 Å². The van der Waals surface area contributed by atoms with Crippen LogP contribution >= 0.6 is 15.9 Å². The lowest BCUT2D eigenvalue weighted by molar-refractivity contribution is 0.0938. The van der Waals surface area contributed by atoms with Gasteiger partial charge >= 0.3 is 0 Å². The predicted molar refractivity (Wildman–Crippen MR) is 79.2 cm³/mol. The first-order chi connectivity index (χ1) is 9.63. The number of nitrogens with one attached hydrogen (secondary N) is 1. The fraction of sp³-hybridized carbons (Fsp3) is 0.188. The zero-order valence-corrected chi connectivity index (χ0v) is 12.3. The molecular formula is C16H13BrFNO. The Labute approximate surface area is 125 Å². The molecule has 0 heterocycles. The Hall–Kier alpha value is -1.68. The number of carbonyl (C=O) groups is 1. The van der Waals surface area contributed by atoms with Gasteiger partial charge in [0.25, 0.3) is 5.91 Å². The van der Waals surface area contributed by atoms with Gasteiger partial charge in [-0.3, -0.25) is 4.79 Å². The highest BCUT2D eigenvalue weighted by atomic mass is 79.9. The fourth-order valence-corrected chi connectivity index (χ4v) is 2.95. The van der Waals surface area contributed by atoms with Crippen molar-refractivity contribution in [1.29, 1.82) is 0 Å². The lowest BCUT2D eigenvalue weighted by atomic mass is 10.1. The number of fused-ring (bicyclic) bond motifs is 1. The van der Waals surface area contributed by atoms with E-state index in [9.17, 15) is 9.18 Å². The van der Waals surface area contributed by atoms with Crippen molar-refractivity contribution in [3.05, 3.63) is 69.4 Å². The van der Waals surface area contributed by atoms with Gasteiger partial charge in [-0.25, -0.2) is 4.39 Å². The van der Waals surface area contributed by atoms with Crippen LogP contribution in [-0.4, -0.2) is 11.9 Å². The average molecular weight is 334 g/mol. The number of hydrogen-bond acceptors (Lipinski definition) is 1. The van der Waals surface area contributed by atoms with Crippen LogP contribution in [0.1, 0.15) is 21.5 Å². The van der Waals surface area contributed by atoms with E-state index in [-0.39, 0.29) is 17.8 Å². The van der Waals surface area contributed by atoms with Crippen LogP contribution in [0.15, 0.2) is 46.9 Å². The summed E-state index contributed by atoms with van der Waals surface area (Å²) in [5, 5.41) is 3.01. The third-order valence-corrected chi connectivity index (χ3v) is 4.18. The summed E-state index contributed by atoms with van der Waals surface area (Å²) in [7, 11) is 0. The molecule has 0 aliphatic heterocycles. The molecule has 0 unspecified atom stereocenters. The van der Waals surface area contributed by atoms with E-state index in [1.54, 1.807) is 0 Å². The Balaban J connectivity index is 1.70. The molecule has 0 spiro atoms. The molecule has 4 heteroatoms. The summed E-state index contributed by atoms with van der Waals surface area (Å²) in [4.78, 5) is 12.2. The van der Waals surface area contributed by atoms with E-state index in [2.05, 4.69) is 33.4 Å². The van der Waals surface area contributed by atoms with Crippen LogP contribution in [0.25, 0.3) is 0 Å². The van der Waals surface area contributed by atoms with Crippen molar-refractivity contribution >= 4 is 21.8 Å². The monoisotopic (exact) mass is 333 g/mol. The number of amides is 1. The number of halogens is 2. The second-order valence-corrected chi connectivity index (χ2v) is 5.83. The van der Waals surface area contributed by atoms with Crippen LogP contribution in [0.3, 0.4) is 0 Å². The zero-order valence-electron chi connectivity index (χ0n) is 10.7.